The molecule has 0 saturated carbocycles. The monoisotopic (exact) mass is 332 g/mol. The fourth-order valence-corrected chi connectivity index (χ4v) is 2.43. The van der Waals surface area contributed by atoms with Gasteiger partial charge >= 0.3 is 0 Å². The van der Waals surface area contributed by atoms with E-state index in [9.17, 15) is 0 Å². The van der Waals surface area contributed by atoms with Crippen molar-refractivity contribution in [3.8, 4) is 0 Å². The number of halogens is 1. The Balaban J connectivity index is 0.00000192. The summed E-state index contributed by atoms with van der Waals surface area (Å²) in [5, 5.41) is 14.8. The maximum atomic E-state index is 4.21. The van der Waals surface area contributed by atoms with Gasteiger partial charge in [0.15, 0.2) is 0 Å². The van der Waals surface area contributed by atoms with Crippen molar-refractivity contribution in [2.24, 2.45) is 0 Å². The first-order valence-corrected chi connectivity index (χ1v) is 7.34. The Morgan fingerprint density at radius 2 is 1.83 bits per heavy atom. The van der Waals surface area contributed by atoms with E-state index in [1.165, 1.54) is 16.7 Å². The average Bonchev–Trinajstić information content (AvgIpc) is 3.13. The van der Waals surface area contributed by atoms with Crippen LogP contribution in [0.3, 0.4) is 0 Å². The van der Waals surface area contributed by atoms with E-state index in [0.717, 1.165) is 31.0 Å². The number of nitrogens with zero attached hydrogens (tertiary/aromatic N) is 4. The molecule has 3 rings (SSSR count). The van der Waals surface area contributed by atoms with Gasteiger partial charge in [0, 0.05) is 24.3 Å². The van der Waals surface area contributed by atoms with Gasteiger partial charge in [0.2, 0.25) is 0 Å². The molecule has 0 aliphatic heterocycles. The molecule has 0 unspecified atom stereocenters. The van der Waals surface area contributed by atoms with Crippen molar-refractivity contribution in [2.45, 2.75) is 33.5 Å². The second-order valence-electron chi connectivity index (χ2n) is 5.43. The standard InChI is InChI=1S/C16H20N6.ClH/c1-12-16(13(2)21-20-12)8-17-7-14-3-5-15(6-4-14)9-22-11-18-10-19-22;/h3-6,10-11,17H,7-9H2,1-2H3,(H,20,21);1H. The van der Waals surface area contributed by atoms with Crippen molar-refractivity contribution >= 4 is 12.4 Å². The maximum Gasteiger partial charge on any atom is 0.137 e. The SMILES string of the molecule is Cc1n[nH]c(C)c1CNCc1ccc(Cn2cncn2)cc1.Cl. The highest BCUT2D eigenvalue weighted by molar-refractivity contribution is 5.85. The first kappa shape index (κ1) is 17.2. The van der Waals surface area contributed by atoms with E-state index in [2.05, 4.69) is 56.8 Å². The molecule has 0 aliphatic rings. The largest absolute Gasteiger partial charge is 0.308 e. The molecule has 23 heavy (non-hydrogen) atoms. The summed E-state index contributed by atoms with van der Waals surface area (Å²) in [5.74, 6) is 0. The number of aromatic nitrogens is 5. The van der Waals surface area contributed by atoms with Crippen LogP contribution in [0.25, 0.3) is 0 Å². The Kier molecular flexibility index (Phi) is 5.90. The fourth-order valence-electron chi connectivity index (χ4n) is 2.43. The van der Waals surface area contributed by atoms with Gasteiger partial charge in [0.1, 0.15) is 12.7 Å². The third-order valence-corrected chi connectivity index (χ3v) is 3.75. The van der Waals surface area contributed by atoms with Gasteiger partial charge < -0.3 is 5.32 Å². The first-order chi connectivity index (χ1) is 10.7. The molecule has 7 heteroatoms. The number of rotatable bonds is 6. The number of benzene rings is 1. The van der Waals surface area contributed by atoms with Crippen LogP contribution in [0.15, 0.2) is 36.9 Å². The predicted octanol–water partition coefficient (Wildman–Crippen LogP) is 2.38. The van der Waals surface area contributed by atoms with Crippen LogP contribution in [0, 0.1) is 13.8 Å². The van der Waals surface area contributed by atoms with Gasteiger partial charge in [-0.2, -0.15) is 10.2 Å². The Labute approximate surface area is 141 Å². The third-order valence-electron chi connectivity index (χ3n) is 3.75. The van der Waals surface area contributed by atoms with Gasteiger partial charge in [0.25, 0.3) is 0 Å². The number of hydrogen-bond donors (Lipinski definition) is 2. The summed E-state index contributed by atoms with van der Waals surface area (Å²) < 4.78 is 1.82. The summed E-state index contributed by atoms with van der Waals surface area (Å²) in [7, 11) is 0. The normalized spacial score (nSPS) is 10.5. The summed E-state index contributed by atoms with van der Waals surface area (Å²) in [4.78, 5) is 3.95. The molecule has 0 atom stereocenters. The minimum atomic E-state index is 0. The van der Waals surface area contributed by atoms with E-state index in [1.54, 1.807) is 12.7 Å². The molecule has 0 spiro atoms. The smallest absolute Gasteiger partial charge is 0.137 e. The molecule has 1 aromatic carbocycles. The van der Waals surface area contributed by atoms with E-state index in [1.807, 2.05) is 11.6 Å². The number of aromatic amines is 1. The summed E-state index contributed by atoms with van der Waals surface area (Å²) >= 11 is 0. The Morgan fingerprint density at radius 3 is 2.43 bits per heavy atom. The van der Waals surface area contributed by atoms with E-state index < -0.39 is 0 Å². The third kappa shape index (κ3) is 4.40. The lowest BCUT2D eigenvalue weighted by atomic mass is 10.1. The van der Waals surface area contributed by atoms with Crippen molar-refractivity contribution < 1.29 is 0 Å². The van der Waals surface area contributed by atoms with Crippen LogP contribution >= 0.6 is 12.4 Å². The molecule has 3 aromatic rings. The topological polar surface area (TPSA) is 71.4 Å². The molecule has 0 bridgehead atoms. The van der Waals surface area contributed by atoms with Crippen molar-refractivity contribution in [1.82, 2.24) is 30.3 Å². The molecule has 2 heterocycles. The zero-order chi connectivity index (χ0) is 15.4. The fraction of sp³-hybridized carbons (Fsp3) is 0.312. The molecule has 0 radical (unpaired) electrons. The molecular weight excluding hydrogens is 312 g/mol. The quantitative estimate of drug-likeness (QED) is 0.727. The van der Waals surface area contributed by atoms with Crippen molar-refractivity contribution in [2.75, 3.05) is 0 Å². The van der Waals surface area contributed by atoms with Crippen LogP contribution in [-0.4, -0.2) is 25.0 Å². The highest BCUT2D eigenvalue weighted by Crippen LogP contribution is 2.10. The van der Waals surface area contributed by atoms with Gasteiger partial charge in [-0.3, -0.25) is 5.10 Å². The second-order valence-corrected chi connectivity index (χ2v) is 5.43. The summed E-state index contributed by atoms with van der Waals surface area (Å²) in [6.07, 6.45) is 3.28. The van der Waals surface area contributed by atoms with Gasteiger partial charge in [-0.1, -0.05) is 24.3 Å². The predicted molar refractivity (Wildman–Crippen MR) is 91.4 cm³/mol. The molecule has 2 N–H and O–H groups in total. The summed E-state index contributed by atoms with van der Waals surface area (Å²) in [5.41, 5.74) is 5.93. The summed E-state index contributed by atoms with van der Waals surface area (Å²) in [6.45, 7) is 6.50. The zero-order valence-electron chi connectivity index (χ0n) is 13.3. The number of nitrogens with one attached hydrogen (secondary N) is 2. The first-order valence-electron chi connectivity index (χ1n) is 7.34. The molecule has 6 nitrogen and oxygen atoms in total. The van der Waals surface area contributed by atoms with Crippen LogP contribution in [0.5, 0.6) is 0 Å². The summed E-state index contributed by atoms with van der Waals surface area (Å²) in [6, 6.07) is 8.56. The van der Waals surface area contributed by atoms with E-state index in [0.29, 0.717) is 0 Å². The Bertz CT molecular complexity index is 698. The van der Waals surface area contributed by atoms with E-state index >= 15 is 0 Å². The van der Waals surface area contributed by atoms with Crippen LogP contribution < -0.4 is 5.32 Å². The highest BCUT2D eigenvalue weighted by atomic mass is 35.5. The molecule has 0 amide bonds. The molecule has 0 saturated heterocycles. The number of hydrogen-bond acceptors (Lipinski definition) is 4. The second kappa shape index (κ2) is 7.89. The molecule has 2 aromatic heterocycles. The van der Waals surface area contributed by atoms with Gasteiger partial charge in [0.05, 0.1) is 12.2 Å². The minimum absolute atomic E-state index is 0. The maximum absolute atomic E-state index is 4.21. The lowest BCUT2D eigenvalue weighted by Gasteiger charge is -2.07. The Hall–Kier alpha value is -2.18. The number of H-pyrrole nitrogens is 1. The van der Waals surface area contributed by atoms with Gasteiger partial charge in [-0.05, 0) is 25.0 Å². The zero-order valence-corrected chi connectivity index (χ0v) is 14.1. The lowest BCUT2D eigenvalue weighted by Crippen LogP contribution is -2.13. The molecule has 0 fully saturated rings. The van der Waals surface area contributed by atoms with Crippen LogP contribution in [-0.2, 0) is 19.6 Å². The van der Waals surface area contributed by atoms with Crippen LogP contribution in [0.2, 0.25) is 0 Å². The van der Waals surface area contributed by atoms with Gasteiger partial charge in [-0.15, -0.1) is 12.4 Å². The van der Waals surface area contributed by atoms with Crippen molar-refractivity contribution in [3.63, 3.8) is 0 Å². The van der Waals surface area contributed by atoms with E-state index in [-0.39, 0.29) is 12.4 Å². The molecule has 0 aliphatic carbocycles. The lowest BCUT2D eigenvalue weighted by molar-refractivity contribution is 0.679. The van der Waals surface area contributed by atoms with E-state index in [4.69, 9.17) is 0 Å². The minimum Gasteiger partial charge on any atom is -0.308 e. The van der Waals surface area contributed by atoms with Crippen LogP contribution in [0.4, 0.5) is 0 Å². The number of aryl methyl sites for hydroxylation is 2. The van der Waals surface area contributed by atoms with Crippen molar-refractivity contribution in [3.05, 3.63) is 65.0 Å². The highest BCUT2D eigenvalue weighted by Gasteiger charge is 2.05. The van der Waals surface area contributed by atoms with Crippen molar-refractivity contribution in [1.29, 1.82) is 0 Å². The van der Waals surface area contributed by atoms with Crippen LogP contribution in [0.1, 0.15) is 28.1 Å². The molecular formula is C16H21ClN6. The average molecular weight is 333 g/mol. The van der Waals surface area contributed by atoms with Gasteiger partial charge in [-0.25, -0.2) is 9.67 Å². The molecule has 122 valence electrons. The Morgan fingerprint density at radius 1 is 1.09 bits per heavy atom.